The van der Waals surface area contributed by atoms with Crippen LogP contribution in [0.5, 0.6) is 0 Å². The van der Waals surface area contributed by atoms with Gasteiger partial charge in [0.15, 0.2) is 0 Å². The van der Waals surface area contributed by atoms with Crippen LogP contribution in [0.4, 0.5) is 0 Å². The molecule has 3 saturated heterocycles. The maximum Gasteiger partial charge on any atom is 0.225 e. The largest absolute Gasteiger partial charge is 0.378 e. The number of carbonyl (C=O) groups is 1. The molecular weight excluding hydrogens is 318 g/mol. The van der Waals surface area contributed by atoms with Gasteiger partial charge >= 0.3 is 0 Å². The molecule has 25 heavy (non-hydrogen) atoms. The molecule has 6 nitrogen and oxygen atoms in total. The Morgan fingerprint density at radius 3 is 2.80 bits per heavy atom. The van der Waals surface area contributed by atoms with Gasteiger partial charge in [-0.15, -0.1) is 0 Å². The number of hydrogen-bond acceptors (Lipinski definition) is 5. The Morgan fingerprint density at radius 2 is 2.00 bits per heavy atom. The van der Waals surface area contributed by atoms with Crippen LogP contribution in [0.15, 0.2) is 24.5 Å². The van der Waals surface area contributed by atoms with Crippen LogP contribution < -0.4 is 0 Å². The lowest BCUT2D eigenvalue weighted by Crippen LogP contribution is -2.44. The van der Waals surface area contributed by atoms with Crippen molar-refractivity contribution in [2.75, 3.05) is 46.0 Å². The van der Waals surface area contributed by atoms with Gasteiger partial charge in [0, 0.05) is 44.5 Å². The molecule has 0 radical (unpaired) electrons. The minimum Gasteiger partial charge on any atom is -0.378 e. The number of aromatic nitrogens is 1. The maximum absolute atomic E-state index is 12.5. The van der Waals surface area contributed by atoms with E-state index in [0.717, 1.165) is 45.8 Å². The van der Waals surface area contributed by atoms with Crippen molar-refractivity contribution < 1.29 is 14.3 Å². The molecule has 4 rings (SSSR count). The molecule has 0 unspecified atom stereocenters. The van der Waals surface area contributed by atoms with Crippen LogP contribution in [0.2, 0.25) is 0 Å². The summed E-state index contributed by atoms with van der Waals surface area (Å²) in [6, 6.07) is 4.17. The van der Waals surface area contributed by atoms with Crippen molar-refractivity contribution >= 4 is 5.91 Å². The first-order valence-corrected chi connectivity index (χ1v) is 9.38. The fourth-order valence-corrected chi connectivity index (χ4v) is 4.38. The van der Waals surface area contributed by atoms with E-state index in [0.29, 0.717) is 31.5 Å². The quantitative estimate of drug-likeness (QED) is 0.820. The predicted octanol–water partition coefficient (Wildman–Crippen LogP) is 1.17. The number of carbonyl (C=O) groups excluding carboxylic acids is 1. The van der Waals surface area contributed by atoms with Crippen LogP contribution in [-0.2, 0) is 20.8 Å². The average Bonchev–Trinajstić information content (AvgIpc) is 3.05. The van der Waals surface area contributed by atoms with Gasteiger partial charge in [0.05, 0.1) is 32.3 Å². The van der Waals surface area contributed by atoms with Crippen molar-refractivity contribution in [2.45, 2.75) is 25.5 Å². The van der Waals surface area contributed by atoms with E-state index in [1.165, 1.54) is 5.56 Å². The van der Waals surface area contributed by atoms with E-state index in [9.17, 15) is 4.79 Å². The fraction of sp³-hybridized carbons (Fsp3) is 0.684. The number of hydrogen-bond donors (Lipinski definition) is 0. The summed E-state index contributed by atoms with van der Waals surface area (Å²) < 4.78 is 11.4. The van der Waals surface area contributed by atoms with Gasteiger partial charge in [-0.2, -0.15) is 0 Å². The Hall–Kier alpha value is -1.50. The van der Waals surface area contributed by atoms with Crippen molar-refractivity contribution in [1.82, 2.24) is 14.8 Å². The number of morpholine rings is 1. The Bertz CT molecular complexity index is 577. The first-order valence-electron chi connectivity index (χ1n) is 9.38. The molecule has 3 atom stereocenters. The molecule has 0 bridgehead atoms. The zero-order chi connectivity index (χ0) is 17.1. The van der Waals surface area contributed by atoms with Crippen LogP contribution in [0.1, 0.15) is 18.4 Å². The van der Waals surface area contributed by atoms with Crippen molar-refractivity contribution in [2.24, 2.45) is 11.8 Å². The molecule has 0 aliphatic carbocycles. The lowest BCUT2D eigenvalue weighted by molar-refractivity contribution is -0.138. The lowest BCUT2D eigenvalue weighted by Gasteiger charge is -2.36. The summed E-state index contributed by atoms with van der Waals surface area (Å²) in [6.45, 7) is 6.67. The van der Waals surface area contributed by atoms with Crippen LogP contribution in [0.25, 0.3) is 0 Å². The minimum atomic E-state index is 0.100. The second kappa shape index (κ2) is 7.81. The van der Waals surface area contributed by atoms with Crippen LogP contribution >= 0.6 is 0 Å². The lowest BCUT2D eigenvalue weighted by atomic mass is 9.83. The second-order valence-electron chi connectivity index (χ2n) is 7.37. The van der Waals surface area contributed by atoms with Gasteiger partial charge in [-0.05, 0) is 36.6 Å². The summed E-state index contributed by atoms with van der Waals surface area (Å²) in [5.41, 5.74) is 1.31. The first-order chi connectivity index (χ1) is 12.3. The van der Waals surface area contributed by atoms with Crippen molar-refractivity contribution in [3.63, 3.8) is 0 Å². The molecule has 1 aromatic heterocycles. The molecule has 4 heterocycles. The fourth-order valence-electron chi connectivity index (χ4n) is 4.38. The molecule has 0 saturated carbocycles. The highest BCUT2D eigenvalue weighted by molar-refractivity contribution is 5.76. The van der Waals surface area contributed by atoms with Crippen LogP contribution in [0.3, 0.4) is 0 Å². The molecule has 136 valence electrons. The van der Waals surface area contributed by atoms with Gasteiger partial charge in [-0.3, -0.25) is 14.7 Å². The summed E-state index contributed by atoms with van der Waals surface area (Å²) in [6.07, 6.45) is 5.47. The monoisotopic (exact) mass is 345 g/mol. The third-order valence-electron chi connectivity index (χ3n) is 5.77. The highest BCUT2D eigenvalue weighted by Gasteiger charge is 2.41. The number of ether oxygens (including phenoxy) is 2. The molecular formula is C19H27N3O3. The Morgan fingerprint density at radius 1 is 1.20 bits per heavy atom. The number of fused-ring (bicyclic) bond motifs is 1. The SMILES string of the molecule is O=C(C[C@@H]1OC[C@@H]2CN(Cc3ccncc3)CC[C@@H]21)N1CCOCC1. The van der Waals surface area contributed by atoms with Crippen LogP contribution in [-0.4, -0.2) is 72.8 Å². The molecule has 1 amide bonds. The average molecular weight is 345 g/mol. The number of pyridine rings is 1. The summed E-state index contributed by atoms with van der Waals surface area (Å²) in [4.78, 5) is 21.0. The zero-order valence-corrected chi connectivity index (χ0v) is 14.7. The third-order valence-corrected chi connectivity index (χ3v) is 5.77. The molecule has 3 aliphatic rings. The van der Waals surface area contributed by atoms with Crippen LogP contribution in [0, 0.1) is 11.8 Å². The topological polar surface area (TPSA) is 54.9 Å². The number of piperidine rings is 1. The predicted molar refractivity (Wildman–Crippen MR) is 92.9 cm³/mol. The van der Waals surface area contributed by atoms with Gasteiger partial charge in [0.25, 0.3) is 0 Å². The summed E-state index contributed by atoms with van der Waals surface area (Å²) in [5.74, 6) is 1.31. The van der Waals surface area contributed by atoms with E-state index in [1.807, 2.05) is 17.3 Å². The van der Waals surface area contributed by atoms with Crippen molar-refractivity contribution in [1.29, 1.82) is 0 Å². The van der Waals surface area contributed by atoms with Gasteiger partial charge in [0.2, 0.25) is 5.91 Å². The Labute approximate surface area is 149 Å². The minimum absolute atomic E-state index is 0.100. The summed E-state index contributed by atoms with van der Waals surface area (Å²) in [7, 11) is 0. The van der Waals surface area contributed by atoms with Crippen molar-refractivity contribution in [3.8, 4) is 0 Å². The summed E-state index contributed by atoms with van der Waals surface area (Å²) >= 11 is 0. The smallest absolute Gasteiger partial charge is 0.225 e. The molecule has 3 fully saturated rings. The summed E-state index contributed by atoms with van der Waals surface area (Å²) in [5, 5.41) is 0. The van der Waals surface area contributed by atoms with Gasteiger partial charge in [0.1, 0.15) is 0 Å². The molecule has 0 spiro atoms. The molecule has 0 N–H and O–H groups in total. The number of likely N-dealkylation sites (tertiary alicyclic amines) is 1. The van der Waals surface area contributed by atoms with Gasteiger partial charge < -0.3 is 14.4 Å². The highest BCUT2D eigenvalue weighted by Crippen LogP contribution is 2.36. The van der Waals surface area contributed by atoms with Gasteiger partial charge in [-0.25, -0.2) is 0 Å². The number of amides is 1. The van der Waals surface area contributed by atoms with E-state index in [2.05, 4.69) is 22.0 Å². The second-order valence-corrected chi connectivity index (χ2v) is 7.37. The maximum atomic E-state index is 12.5. The molecule has 6 heteroatoms. The molecule has 1 aromatic rings. The highest BCUT2D eigenvalue weighted by atomic mass is 16.5. The number of nitrogens with zero attached hydrogens (tertiary/aromatic N) is 3. The van der Waals surface area contributed by atoms with E-state index >= 15 is 0 Å². The van der Waals surface area contributed by atoms with Crippen molar-refractivity contribution in [3.05, 3.63) is 30.1 Å². The zero-order valence-electron chi connectivity index (χ0n) is 14.7. The standard InChI is InChI=1S/C19H27N3O3/c23-19(22-7-9-24-10-8-22)11-18-17-3-6-21(13-16(17)14-25-18)12-15-1-4-20-5-2-15/h1-2,4-5,16-18H,3,6-14H2/t16-,17-,18-/m0/s1. The molecule has 0 aromatic carbocycles. The third kappa shape index (κ3) is 4.02. The van der Waals surface area contributed by atoms with E-state index in [4.69, 9.17) is 9.47 Å². The van der Waals surface area contributed by atoms with E-state index in [1.54, 1.807) is 0 Å². The Kier molecular flexibility index (Phi) is 5.29. The first kappa shape index (κ1) is 16.9. The number of rotatable bonds is 4. The van der Waals surface area contributed by atoms with E-state index in [-0.39, 0.29) is 12.0 Å². The van der Waals surface area contributed by atoms with Gasteiger partial charge in [-0.1, -0.05) is 0 Å². The molecule has 3 aliphatic heterocycles. The van der Waals surface area contributed by atoms with E-state index < -0.39 is 0 Å². The Balaban J connectivity index is 1.29. The normalized spacial score (nSPS) is 30.2.